The Morgan fingerprint density at radius 1 is 1.38 bits per heavy atom. The van der Waals surface area contributed by atoms with E-state index in [9.17, 15) is 4.79 Å². The van der Waals surface area contributed by atoms with Crippen LogP contribution in [0.4, 0.5) is 0 Å². The van der Waals surface area contributed by atoms with Gasteiger partial charge < -0.3 is 10.6 Å². The first kappa shape index (κ1) is 13.7. The number of carbonyl (C=O) groups is 1. The van der Waals surface area contributed by atoms with Crippen LogP contribution in [0.5, 0.6) is 0 Å². The second-order valence-corrected chi connectivity index (χ2v) is 5.15. The van der Waals surface area contributed by atoms with Gasteiger partial charge in [0.1, 0.15) is 11.9 Å². The predicted octanol–water partition coefficient (Wildman–Crippen LogP) is 1.29. The van der Waals surface area contributed by atoms with Crippen LogP contribution >= 0.6 is 0 Å². The zero-order valence-electron chi connectivity index (χ0n) is 12.0. The number of carbonyl (C=O) groups excluding carboxylic acids is 1. The molecule has 1 amide bonds. The average molecular weight is 282 g/mol. The minimum atomic E-state index is -0.280. The Hall–Kier alpha value is -2.27. The summed E-state index contributed by atoms with van der Waals surface area (Å²) in [5, 5.41) is 6.22. The minimum absolute atomic E-state index is 0.0154. The van der Waals surface area contributed by atoms with Crippen LogP contribution in [0.1, 0.15) is 28.7 Å². The standard InChI is InChI=1S/C16H18N4O/c1-11-17-9-7-13(20-11)10-19-16(21)15-14-5-3-2-4-12(14)6-8-18-15/h2-5,7,9,15,18H,6,8,10H2,1H3,(H,19,21). The minimum Gasteiger partial charge on any atom is -0.349 e. The van der Waals surface area contributed by atoms with Gasteiger partial charge >= 0.3 is 0 Å². The van der Waals surface area contributed by atoms with Crippen molar-refractivity contribution in [3.05, 3.63) is 59.2 Å². The first-order valence-electron chi connectivity index (χ1n) is 7.11. The molecule has 0 radical (unpaired) electrons. The summed E-state index contributed by atoms with van der Waals surface area (Å²) in [4.78, 5) is 20.7. The molecule has 2 heterocycles. The second kappa shape index (κ2) is 6.01. The molecule has 5 nitrogen and oxygen atoms in total. The van der Waals surface area contributed by atoms with Crippen LogP contribution in [-0.4, -0.2) is 22.4 Å². The van der Waals surface area contributed by atoms with E-state index in [4.69, 9.17) is 0 Å². The molecule has 0 saturated carbocycles. The molecule has 1 aliphatic heterocycles. The van der Waals surface area contributed by atoms with Crippen LogP contribution in [0.25, 0.3) is 0 Å². The fourth-order valence-electron chi connectivity index (χ4n) is 2.62. The van der Waals surface area contributed by atoms with Gasteiger partial charge in [0.15, 0.2) is 0 Å². The Morgan fingerprint density at radius 2 is 2.24 bits per heavy atom. The topological polar surface area (TPSA) is 66.9 Å². The summed E-state index contributed by atoms with van der Waals surface area (Å²) in [7, 11) is 0. The van der Waals surface area contributed by atoms with Crippen molar-refractivity contribution in [1.29, 1.82) is 0 Å². The number of aromatic nitrogens is 2. The van der Waals surface area contributed by atoms with Gasteiger partial charge in [0, 0.05) is 12.7 Å². The van der Waals surface area contributed by atoms with Crippen LogP contribution in [0.2, 0.25) is 0 Å². The lowest BCUT2D eigenvalue weighted by atomic mass is 9.94. The van der Waals surface area contributed by atoms with Crippen LogP contribution in [0.15, 0.2) is 36.5 Å². The number of rotatable bonds is 3. The largest absolute Gasteiger partial charge is 0.349 e. The van der Waals surface area contributed by atoms with Gasteiger partial charge in [-0.3, -0.25) is 4.79 Å². The van der Waals surface area contributed by atoms with Crippen molar-refractivity contribution >= 4 is 5.91 Å². The Bertz CT molecular complexity index is 656. The van der Waals surface area contributed by atoms with E-state index in [0.29, 0.717) is 12.4 Å². The van der Waals surface area contributed by atoms with Crippen molar-refractivity contribution in [2.45, 2.75) is 25.9 Å². The molecular formula is C16H18N4O. The van der Waals surface area contributed by atoms with Gasteiger partial charge in [-0.15, -0.1) is 0 Å². The van der Waals surface area contributed by atoms with Gasteiger partial charge in [0.05, 0.1) is 12.2 Å². The maximum Gasteiger partial charge on any atom is 0.242 e. The fraction of sp³-hybridized carbons (Fsp3) is 0.312. The molecule has 0 aliphatic carbocycles. The number of nitrogens with one attached hydrogen (secondary N) is 2. The third kappa shape index (κ3) is 3.08. The molecule has 21 heavy (non-hydrogen) atoms. The van der Waals surface area contributed by atoms with Gasteiger partial charge in [-0.2, -0.15) is 0 Å². The molecule has 0 saturated heterocycles. The van der Waals surface area contributed by atoms with Crippen LogP contribution in [0, 0.1) is 6.92 Å². The Kier molecular flexibility index (Phi) is 3.92. The van der Waals surface area contributed by atoms with Crippen molar-refractivity contribution < 1.29 is 4.79 Å². The monoisotopic (exact) mass is 282 g/mol. The molecule has 5 heteroatoms. The van der Waals surface area contributed by atoms with Crippen molar-refractivity contribution in [1.82, 2.24) is 20.6 Å². The Balaban J connectivity index is 1.69. The van der Waals surface area contributed by atoms with E-state index >= 15 is 0 Å². The lowest BCUT2D eigenvalue weighted by Gasteiger charge is -2.26. The highest BCUT2D eigenvalue weighted by Crippen LogP contribution is 2.22. The van der Waals surface area contributed by atoms with E-state index in [0.717, 1.165) is 24.2 Å². The number of hydrogen-bond acceptors (Lipinski definition) is 4. The quantitative estimate of drug-likeness (QED) is 0.890. The molecule has 0 bridgehead atoms. The van der Waals surface area contributed by atoms with E-state index in [1.807, 2.05) is 31.2 Å². The smallest absolute Gasteiger partial charge is 0.242 e. The average Bonchev–Trinajstić information content (AvgIpc) is 2.52. The van der Waals surface area contributed by atoms with Crippen molar-refractivity contribution in [2.24, 2.45) is 0 Å². The Labute approximate surface area is 123 Å². The number of hydrogen-bond donors (Lipinski definition) is 2. The van der Waals surface area contributed by atoms with E-state index in [-0.39, 0.29) is 11.9 Å². The molecule has 1 unspecified atom stereocenters. The van der Waals surface area contributed by atoms with Gasteiger partial charge in [-0.05, 0) is 30.5 Å². The summed E-state index contributed by atoms with van der Waals surface area (Å²) in [5.74, 6) is 0.696. The second-order valence-electron chi connectivity index (χ2n) is 5.15. The molecule has 3 rings (SSSR count). The molecule has 1 aromatic heterocycles. The summed E-state index contributed by atoms with van der Waals surface area (Å²) in [6.07, 6.45) is 2.67. The third-order valence-electron chi connectivity index (χ3n) is 3.65. The van der Waals surface area contributed by atoms with Crippen LogP contribution < -0.4 is 10.6 Å². The predicted molar refractivity (Wildman–Crippen MR) is 79.5 cm³/mol. The highest BCUT2D eigenvalue weighted by Gasteiger charge is 2.25. The summed E-state index contributed by atoms with van der Waals surface area (Å²) < 4.78 is 0. The molecule has 2 N–H and O–H groups in total. The maximum atomic E-state index is 12.4. The molecule has 0 fully saturated rings. The van der Waals surface area contributed by atoms with E-state index in [1.165, 1.54) is 5.56 Å². The van der Waals surface area contributed by atoms with Gasteiger partial charge in [0.25, 0.3) is 0 Å². The molecule has 108 valence electrons. The summed E-state index contributed by atoms with van der Waals surface area (Å²) in [6.45, 7) is 3.08. The Morgan fingerprint density at radius 3 is 3.10 bits per heavy atom. The van der Waals surface area contributed by atoms with E-state index in [1.54, 1.807) is 6.20 Å². The molecule has 1 aromatic carbocycles. The fourth-order valence-corrected chi connectivity index (χ4v) is 2.62. The van der Waals surface area contributed by atoms with Gasteiger partial charge in [0.2, 0.25) is 5.91 Å². The van der Waals surface area contributed by atoms with E-state index < -0.39 is 0 Å². The normalized spacial score (nSPS) is 17.1. The summed E-state index contributed by atoms with van der Waals surface area (Å²) in [6, 6.07) is 9.63. The summed E-state index contributed by atoms with van der Waals surface area (Å²) in [5.41, 5.74) is 3.13. The molecular weight excluding hydrogens is 264 g/mol. The lowest BCUT2D eigenvalue weighted by Crippen LogP contribution is -2.41. The van der Waals surface area contributed by atoms with Crippen LogP contribution in [-0.2, 0) is 17.8 Å². The van der Waals surface area contributed by atoms with Crippen molar-refractivity contribution in [2.75, 3.05) is 6.54 Å². The molecule has 1 aliphatic rings. The number of aryl methyl sites for hydroxylation is 1. The van der Waals surface area contributed by atoms with Gasteiger partial charge in [-0.25, -0.2) is 9.97 Å². The molecule has 0 spiro atoms. The highest BCUT2D eigenvalue weighted by molar-refractivity contribution is 5.83. The number of benzene rings is 1. The lowest BCUT2D eigenvalue weighted by molar-refractivity contribution is -0.123. The first-order chi connectivity index (χ1) is 10.2. The third-order valence-corrected chi connectivity index (χ3v) is 3.65. The SMILES string of the molecule is Cc1nccc(CNC(=O)C2NCCc3ccccc32)n1. The zero-order valence-corrected chi connectivity index (χ0v) is 12.0. The zero-order chi connectivity index (χ0) is 14.7. The molecule has 1 atom stereocenters. The maximum absolute atomic E-state index is 12.4. The molecule has 2 aromatic rings. The van der Waals surface area contributed by atoms with Crippen molar-refractivity contribution in [3.63, 3.8) is 0 Å². The number of amides is 1. The highest BCUT2D eigenvalue weighted by atomic mass is 16.2. The summed E-state index contributed by atoms with van der Waals surface area (Å²) >= 11 is 0. The number of fused-ring (bicyclic) bond motifs is 1. The first-order valence-corrected chi connectivity index (χ1v) is 7.11. The van der Waals surface area contributed by atoms with Crippen LogP contribution in [0.3, 0.4) is 0 Å². The van der Waals surface area contributed by atoms with E-state index in [2.05, 4.69) is 26.7 Å². The van der Waals surface area contributed by atoms with Gasteiger partial charge in [-0.1, -0.05) is 24.3 Å². The number of nitrogens with zero attached hydrogens (tertiary/aromatic N) is 2. The van der Waals surface area contributed by atoms with Crippen molar-refractivity contribution in [3.8, 4) is 0 Å².